The highest BCUT2D eigenvalue weighted by Gasteiger charge is 2.09. The molecule has 0 fully saturated rings. The standard InChI is InChI=1S/C17H21N3O4/c18-16-6-3-13(10-20-16)15(21)11-19-7-8-24-14-4-1-12(2-5-14)9-17(22)23/h1-6,10,15,19,21H,7-9,11H2,(H2,18,20)(H,22,23)/t15-/m0/s1. The van der Waals surface area contributed by atoms with Gasteiger partial charge in [-0.2, -0.15) is 0 Å². The first-order valence-electron chi connectivity index (χ1n) is 7.67. The molecule has 1 aromatic carbocycles. The summed E-state index contributed by atoms with van der Waals surface area (Å²) in [5.41, 5.74) is 6.91. The molecule has 0 amide bonds. The van der Waals surface area contributed by atoms with Crippen LogP contribution < -0.4 is 20.9 Å². The van der Waals surface area contributed by atoms with Crippen LogP contribution in [0.4, 0.5) is 5.82 Å². The Hall–Kier alpha value is -2.64. The molecule has 5 N–H and O–H groups in total. The van der Waals surface area contributed by atoms with Crippen molar-refractivity contribution in [2.75, 3.05) is 25.4 Å². The Balaban J connectivity index is 1.65. The second-order valence-electron chi connectivity index (χ2n) is 5.39. The highest BCUT2D eigenvalue weighted by molar-refractivity contribution is 5.67. The fraction of sp³-hybridized carbons (Fsp3) is 0.294. The summed E-state index contributed by atoms with van der Waals surface area (Å²) in [5, 5.41) is 22.5. The van der Waals surface area contributed by atoms with Crippen molar-refractivity contribution in [1.82, 2.24) is 4.98 Å². The highest BCUT2D eigenvalue weighted by atomic mass is 16.5. The number of aliphatic carboxylic acids is 1. The van der Waals surface area contributed by atoms with E-state index in [1.54, 1.807) is 42.6 Å². The van der Waals surface area contributed by atoms with Gasteiger partial charge in [0.1, 0.15) is 37.4 Å². The zero-order valence-electron chi connectivity index (χ0n) is 13.2. The third kappa shape index (κ3) is 5.86. The third-order valence-electron chi connectivity index (χ3n) is 3.45. The quantitative estimate of drug-likeness (QED) is 0.487. The molecule has 1 heterocycles. The van der Waals surface area contributed by atoms with Crippen molar-refractivity contribution < 1.29 is 25.1 Å². The number of carboxylic acid groups (broad SMARTS) is 1. The SMILES string of the molecule is Nc1ccc([C@@H](O)C[NH2+]CCOc2ccc(CC(=O)[O-])cc2)cn1. The van der Waals surface area contributed by atoms with Crippen molar-refractivity contribution in [2.45, 2.75) is 12.5 Å². The van der Waals surface area contributed by atoms with Crippen LogP contribution in [-0.2, 0) is 11.2 Å². The van der Waals surface area contributed by atoms with Gasteiger partial charge in [0.25, 0.3) is 0 Å². The number of carboxylic acids is 1. The topological polar surface area (TPSA) is 125 Å². The van der Waals surface area contributed by atoms with E-state index in [0.717, 1.165) is 5.56 Å². The molecule has 24 heavy (non-hydrogen) atoms. The third-order valence-corrected chi connectivity index (χ3v) is 3.45. The minimum absolute atomic E-state index is 0.105. The summed E-state index contributed by atoms with van der Waals surface area (Å²) < 4.78 is 5.56. The van der Waals surface area contributed by atoms with Gasteiger partial charge < -0.3 is 30.8 Å². The van der Waals surface area contributed by atoms with Gasteiger partial charge in [0.2, 0.25) is 0 Å². The van der Waals surface area contributed by atoms with Crippen LogP contribution in [0.5, 0.6) is 5.75 Å². The van der Waals surface area contributed by atoms with Crippen molar-refractivity contribution >= 4 is 11.8 Å². The molecule has 0 saturated heterocycles. The summed E-state index contributed by atoms with van der Waals surface area (Å²) in [6, 6.07) is 10.3. The number of aliphatic hydroxyl groups excluding tert-OH is 1. The van der Waals surface area contributed by atoms with E-state index in [9.17, 15) is 15.0 Å². The van der Waals surface area contributed by atoms with Crippen LogP contribution in [0, 0.1) is 0 Å². The van der Waals surface area contributed by atoms with Crippen LogP contribution in [0.3, 0.4) is 0 Å². The van der Waals surface area contributed by atoms with Gasteiger partial charge in [0.05, 0.1) is 0 Å². The maximum atomic E-state index is 10.5. The fourth-order valence-electron chi connectivity index (χ4n) is 2.16. The van der Waals surface area contributed by atoms with Gasteiger partial charge in [-0.25, -0.2) is 4.98 Å². The van der Waals surface area contributed by atoms with Crippen molar-refractivity contribution in [3.05, 3.63) is 53.7 Å². The van der Waals surface area contributed by atoms with E-state index in [1.165, 1.54) is 0 Å². The van der Waals surface area contributed by atoms with E-state index >= 15 is 0 Å². The van der Waals surface area contributed by atoms with Crippen LogP contribution in [-0.4, -0.2) is 35.8 Å². The lowest BCUT2D eigenvalue weighted by Crippen LogP contribution is -2.86. The van der Waals surface area contributed by atoms with Crippen molar-refractivity contribution in [3.8, 4) is 5.75 Å². The Bertz CT molecular complexity index is 644. The summed E-state index contributed by atoms with van der Waals surface area (Å²) in [6.07, 6.45) is 0.854. The molecule has 0 radical (unpaired) electrons. The van der Waals surface area contributed by atoms with Gasteiger partial charge in [-0.15, -0.1) is 0 Å². The monoisotopic (exact) mass is 331 g/mol. The minimum atomic E-state index is -1.10. The number of quaternary nitrogens is 1. The van der Waals surface area contributed by atoms with Gasteiger partial charge in [0, 0.05) is 24.2 Å². The van der Waals surface area contributed by atoms with E-state index in [2.05, 4.69) is 4.98 Å². The number of nitrogens with zero attached hydrogens (tertiary/aromatic N) is 1. The van der Waals surface area contributed by atoms with Crippen LogP contribution in [0.2, 0.25) is 0 Å². The number of hydrogen-bond acceptors (Lipinski definition) is 6. The van der Waals surface area contributed by atoms with Crippen molar-refractivity contribution in [1.29, 1.82) is 0 Å². The van der Waals surface area contributed by atoms with E-state index in [4.69, 9.17) is 10.5 Å². The number of carbonyl (C=O) groups excluding carboxylic acids is 1. The lowest BCUT2D eigenvalue weighted by atomic mass is 10.1. The number of rotatable bonds is 9. The Morgan fingerprint density at radius 3 is 2.67 bits per heavy atom. The molecule has 0 aliphatic carbocycles. The zero-order valence-corrected chi connectivity index (χ0v) is 13.2. The number of anilines is 1. The summed E-state index contributed by atoms with van der Waals surface area (Å²) in [5.74, 6) is -0.00382. The summed E-state index contributed by atoms with van der Waals surface area (Å²) in [4.78, 5) is 14.4. The maximum absolute atomic E-state index is 10.5. The number of aliphatic hydroxyl groups is 1. The van der Waals surface area contributed by atoms with Crippen LogP contribution in [0.15, 0.2) is 42.6 Å². The van der Waals surface area contributed by atoms with Crippen molar-refractivity contribution in [3.63, 3.8) is 0 Å². The molecule has 0 aliphatic heterocycles. The van der Waals surface area contributed by atoms with E-state index in [-0.39, 0.29) is 6.42 Å². The predicted octanol–water partition coefficient (Wildman–Crippen LogP) is -1.37. The zero-order chi connectivity index (χ0) is 17.4. The second kappa shape index (κ2) is 8.85. The van der Waals surface area contributed by atoms with Gasteiger partial charge in [-0.05, 0) is 23.8 Å². The summed E-state index contributed by atoms with van der Waals surface area (Å²) in [6.45, 7) is 1.66. The van der Waals surface area contributed by atoms with Crippen molar-refractivity contribution in [2.24, 2.45) is 0 Å². The molecule has 2 rings (SSSR count). The van der Waals surface area contributed by atoms with E-state index < -0.39 is 12.1 Å². The average Bonchev–Trinajstić information content (AvgIpc) is 2.56. The smallest absolute Gasteiger partial charge is 0.137 e. The van der Waals surface area contributed by atoms with E-state index in [1.807, 2.05) is 5.32 Å². The van der Waals surface area contributed by atoms with Crippen LogP contribution in [0.1, 0.15) is 17.2 Å². The molecule has 1 aromatic heterocycles. The molecule has 0 spiro atoms. The minimum Gasteiger partial charge on any atom is -0.550 e. The van der Waals surface area contributed by atoms with Gasteiger partial charge >= 0.3 is 0 Å². The molecule has 2 aromatic rings. The first-order chi connectivity index (χ1) is 11.5. The number of carbonyl (C=O) groups is 1. The number of nitrogens with two attached hydrogens (primary N) is 2. The molecular formula is C17H21N3O4. The number of ether oxygens (including phenoxy) is 1. The normalized spacial score (nSPS) is 11.9. The van der Waals surface area contributed by atoms with Crippen LogP contribution >= 0.6 is 0 Å². The lowest BCUT2D eigenvalue weighted by molar-refractivity contribution is -0.662. The van der Waals surface area contributed by atoms with Gasteiger partial charge in [-0.3, -0.25) is 0 Å². The molecule has 1 atom stereocenters. The molecule has 7 heteroatoms. The molecule has 128 valence electrons. The molecule has 0 bridgehead atoms. The molecule has 0 saturated carbocycles. The fourth-order valence-corrected chi connectivity index (χ4v) is 2.16. The molecular weight excluding hydrogens is 310 g/mol. The second-order valence-corrected chi connectivity index (χ2v) is 5.39. The molecule has 0 aliphatic rings. The molecule has 7 nitrogen and oxygen atoms in total. The first kappa shape index (κ1) is 17.7. The highest BCUT2D eigenvalue weighted by Crippen LogP contribution is 2.12. The van der Waals surface area contributed by atoms with E-state index in [0.29, 0.717) is 36.8 Å². The Labute approximate surface area is 140 Å². The molecule has 0 unspecified atom stereocenters. The van der Waals surface area contributed by atoms with Gasteiger partial charge in [-0.1, -0.05) is 18.2 Å². The van der Waals surface area contributed by atoms with Crippen LogP contribution in [0.25, 0.3) is 0 Å². The summed E-state index contributed by atoms with van der Waals surface area (Å²) in [7, 11) is 0. The predicted molar refractivity (Wildman–Crippen MR) is 85.9 cm³/mol. The number of aromatic nitrogens is 1. The maximum Gasteiger partial charge on any atom is 0.137 e. The lowest BCUT2D eigenvalue weighted by Gasteiger charge is -2.10. The average molecular weight is 331 g/mol. The number of nitrogen functional groups attached to an aromatic ring is 1. The Morgan fingerprint density at radius 1 is 1.29 bits per heavy atom. The number of pyridine rings is 1. The Morgan fingerprint density at radius 2 is 2.04 bits per heavy atom. The number of benzene rings is 1. The Kier molecular flexibility index (Phi) is 6.53. The summed E-state index contributed by atoms with van der Waals surface area (Å²) >= 11 is 0. The first-order valence-corrected chi connectivity index (χ1v) is 7.67. The number of hydrogen-bond donors (Lipinski definition) is 3. The largest absolute Gasteiger partial charge is 0.550 e. The van der Waals surface area contributed by atoms with Gasteiger partial charge in [0.15, 0.2) is 0 Å².